The van der Waals surface area contributed by atoms with Crippen LogP contribution >= 0.6 is 0 Å². The van der Waals surface area contributed by atoms with Gasteiger partial charge in [0, 0.05) is 28.8 Å². The topological polar surface area (TPSA) is 55.9 Å². The molecule has 1 atom stereocenters. The van der Waals surface area contributed by atoms with Gasteiger partial charge in [0.2, 0.25) is 0 Å². The smallest absolute Gasteiger partial charge is 0.279 e. The Kier molecular flexibility index (Phi) is 4.45. The number of carbonyl (C=O) groups is 1. The zero-order valence-electron chi connectivity index (χ0n) is 16.3. The summed E-state index contributed by atoms with van der Waals surface area (Å²) in [6.45, 7) is 2.27. The van der Waals surface area contributed by atoms with Gasteiger partial charge in [-0.3, -0.25) is 4.79 Å². The van der Waals surface area contributed by atoms with Crippen molar-refractivity contribution in [3.8, 4) is 5.75 Å². The summed E-state index contributed by atoms with van der Waals surface area (Å²) in [5, 5.41) is 5.04. The minimum absolute atomic E-state index is 0.0202. The van der Waals surface area contributed by atoms with Gasteiger partial charge in [-0.25, -0.2) is 0 Å². The number of amides is 1. The van der Waals surface area contributed by atoms with Gasteiger partial charge in [0.1, 0.15) is 23.5 Å². The highest BCUT2D eigenvalue weighted by molar-refractivity contribution is 6.07. The highest BCUT2D eigenvalue weighted by Crippen LogP contribution is 2.36. The van der Waals surface area contributed by atoms with Crippen LogP contribution in [0.5, 0.6) is 5.75 Å². The van der Waals surface area contributed by atoms with Gasteiger partial charge in [0.15, 0.2) is 6.54 Å². The van der Waals surface area contributed by atoms with Crippen molar-refractivity contribution in [2.45, 2.75) is 13.0 Å². The van der Waals surface area contributed by atoms with E-state index >= 15 is 0 Å². The van der Waals surface area contributed by atoms with Gasteiger partial charge in [0.25, 0.3) is 5.91 Å². The second kappa shape index (κ2) is 7.26. The van der Waals surface area contributed by atoms with Crippen LogP contribution in [0.15, 0.2) is 65.1 Å². The molecule has 0 radical (unpaired) electrons. The summed E-state index contributed by atoms with van der Waals surface area (Å²) in [4.78, 5) is 14.0. The van der Waals surface area contributed by atoms with E-state index in [0.29, 0.717) is 18.0 Å². The number of furan rings is 1. The summed E-state index contributed by atoms with van der Waals surface area (Å²) in [6.07, 6.45) is 1.01. The average molecular weight is 387 g/mol. The highest BCUT2D eigenvalue weighted by atomic mass is 16.5. The Morgan fingerprint density at radius 2 is 1.83 bits per heavy atom. The molecule has 29 heavy (non-hydrogen) atoms. The molecule has 3 aromatic carbocycles. The van der Waals surface area contributed by atoms with Crippen molar-refractivity contribution in [3.63, 3.8) is 0 Å². The Morgan fingerprint density at radius 1 is 1.03 bits per heavy atom. The third-order valence-electron chi connectivity index (χ3n) is 5.69. The van der Waals surface area contributed by atoms with Crippen LogP contribution in [0.2, 0.25) is 0 Å². The molecule has 0 saturated carbocycles. The van der Waals surface area contributed by atoms with E-state index in [2.05, 4.69) is 29.6 Å². The number of fused-ring (bicyclic) bond motifs is 4. The predicted octanol–water partition coefficient (Wildman–Crippen LogP) is 3.17. The number of hydrogen-bond donors (Lipinski definition) is 2. The lowest BCUT2D eigenvalue weighted by Crippen LogP contribution is -3.12. The van der Waals surface area contributed by atoms with E-state index < -0.39 is 0 Å². The summed E-state index contributed by atoms with van der Waals surface area (Å²) in [6, 6.07) is 20.2. The Labute approximate surface area is 168 Å². The molecule has 5 rings (SSSR count). The second-order valence-electron chi connectivity index (χ2n) is 7.57. The molecule has 0 spiro atoms. The van der Waals surface area contributed by atoms with Crippen molar-refractivity contribution in [1.29, 1.82) is 0 Å². The van der Waals surface area contributed by atoms with Crippen molar-refractivity contribution >= 4 is 33.5 Å². The number of methoxy groups -OCH3 is 1. The fourth-order valence-corrected chi connectivity index (χ4v) is 4.23. The van der Waals surface area contributed by atoms with Gasteiger partial charge in [-0.1, -0.05) is 42.5 Å². The van der Waals surface area contributed by atoms with Crippen molar-refractivity contribution in [3.05, 3.63) is 71.8 Å². The number of ether oxygens (including phenoxy) is 1. The molecule has 2 N–H and O–H groups in total. The number of carbonyl (C=O) groups excluding carboxylic acids is 1. The van der Waals surface area contributed by atoms with Gasteiger partial charge >= 0.3 is 0 Å². The molecule has 1 unspecified atom stereocenters. The first-order chi connectivity index (χ1) is 14.2. The quantitative estimate of drug-likeness (QED) is 0.566. The first-order valence-corrected chi connectivity index (χ1v) is 9.91. The van der Waals surface area contributed by atoms with E-state index in [0.717, 1.165) is 41.4 Å². The molecule has 2 heterocycles. The van der Waals surface area contributed by atoms with Gasteiger partial charge in [0.05, 0.1) is 19.3 Å². The Hall–Kier alpha value is -3.31. The maximum atomic E-state index is 12.8. The Bertz CT molecular complexity index is 1210. The second-order valence-corrected chi connectivity index (χ2v) is 7.57. The first kappa shape index (κ1) is 17.8. The third kappa shape index (κ3) is 3.34. The molecule has 0 bridgehead atoms. The minimum atomic E-state index is -0.0202. The molecule has 146 valence electrons. The van der Waals surface area contributed by atoms with Crippen LogP contribution in [-0.2, 0) is 17.8 Å². The summed E-state index contributed by atoms with van der Waals surface area (Å²) < 4.78 is 11.5. The monoisotopic (exact) mass is 387 g/mol. The zero-order valence-corrected chi connectivity index (χ0v) is 16.3. The predicted molar refractivity (Wildman–Crippen MR) is 113 cm³/mol. The Morgan fingerprint density at radius 3 is 2.69 bits per heavy atom. The molecule has 5 nitrogen and oxygen atoms in total. The maximum Gasteiger partial charge on any atom is 0.279 e. The molecule has 0 saturated heterocycles. The number of hydrogen-bond acceptors (Lipinski definition) is 3. The first-order valence-electron chi connectivity index (χ1n) is 9.91. The van der Waals surface area contributed by atoms with Crippen molar-refractivity contribution in [2.75, 3.05) is 25.5 Å². The number of anilines is 1. The van der Waals surface area contributed by atoms with E-state index in [1.807, 2.05) is 36.4 Å². The SMILES string of the molecule is COc1cc2c(cc1NC(=O)C[NH+]1CCc3ccccc3C1)oc1ccccc12. The summed E-state index contributed by atoms with van der Waals surface area (Å²) in [7, 11) is 1.62. The van der Waals surface area contributed by atoms with E-state index in [9.17, 15) is 4.79 Å². The van der Waals surface area contributed by atoms with E-state index in [4.69, 9.17) is 9.15 Å². The van der Waals surface area contributed by atoms with Gasteiger partial charge in [-0.15, -0.1) is 0 Å². The normalized spacial score (nSPS) is 16.0. The lowest BCUT2D eigenvalue weighted by molar-refractivity contribution is -0.907. The average Bonchev–Trinajstić information content (AvgIpc) is 3.10. The van der Waals surface area contributed by atoms with Gasteiger partial charge in [-0.2, -0.15) is 0 Å². The molecule has 4 aromatic rings. The van der Waals surface area contributed by atoms with Crippen LogP contribution < -0.4 is 15.0 Å². The van der Waals surface area contributed by atoms with Crippen molar-refractivity contribution < 1.29 is 18.8 Å². The van der Waals surface area contributed by atoms with E-state index in [1.165, 1.54) is 16.0 Å². The summed E-state index contributed by atoms with van der Waals surface area (Å²) in [5.74, 6) is 0.615. The maximum absolute atomic E-state index is 12.8. The van der Waals surface area contributed by atoms with Gasteiger partial charge in [-0.05, 0) is 17.7 Å². The largest absolute Gasteiger partial charge is 0.495 e. The van der Waals surface area contributed by atoms with Crippen LogP contribution in [0.25, 0.3) is 21.9 Å². The molecular weight excluding hydrogens is 364 g/mol. The molecule has 1 aliphatic rings. The zero-order chi connectivity index (χ0) is 19.8. The fraction of sp³-hybridized carbons (Fsp3) is 0.208. The number of rotatable bonds is 4. The molecule has 1 aliphatic heterocycles. The van der Waals surface area contributed by atoms with E-state index in [-0.39, 0.29) is 5.91 Å². The number of benzene rings is 3. The number of quaternary nitrogens is 1. The minimum Gasteiger partial charge on any atom is -0.495 e. The molecule has 0 fully saturated rings. The molecule has 0 aliphatic carbocycles. The lowest BCUT2D eigenvalue weighted by Gasteiger charge is -2.25. The molecular formula is C24H23N2O3+. The number of nitrogens with one attached hydrogen (secondary N) is 2. The summed E-state index contributed by atoms with van der Waals surface area (Å²) >= 11 is 0. The van der Waals surface area contributed by atoms with Gasteiger partial charge < -0.3 is 19.4 Å². The van der Waals surface area contributed by atoms with Crippen LogP contribution in [0, 0.1) is 0 Å². The van der Waals surface area contributed by atoms with Crippen LogP contribution in [-0.4, -0.2) is 26.1 Å². The summed E-state index contributed by atoms with van der Waals surface area (Å²) in [5.41, 5.74) is 4.93. The molecule has 1 aromatic heterocycles. The third-order valence-corrected chi connectivity index (χ3v) is 5.69. The highest BCUT2D eigenvalue weighted by Gasteiger charge is 2.22. The van der Waals surface area contributed by atoms with Crippen molar-refractivity contribution in [1.82, 2.24) is 0 Å². The van der Waals surface area contributed by atoms with Crippen LogP contribution in [0.4, 0.5) is 5.69 Å². The standard InChI is InChI=1S/C24H22N2O3/c1-28-23-12-19-18-8-4-5-9-21(18)29-22(19)13-20(23)25-24(27)15-26-11-10-16-6-2-3-7-17(16)14-26/h2-9,12-13H,10-11,14-15H2,1H3,(H,25,27)/p+1. The van der Waals surface area contributed by atoms with Crippen molar-refractivity contribution in [2.24, 2.45) is 0 Å². The molecule has 1 amide bonds. The Balaban J connectivity index is 1.37. The van der Waals surface area contributed by atoms with Crippen LogP contribution in [0.3, 0.4) is 0 Å². The fourth-order valence-electron chi connectivity index (χ4n) is 4.23. The van der Waals surface area contributed by atoms with Crippen LogP contribution in [0.1, 0.15) is 11.1 Å². The van der Waals surface area contributed by atoms with E-state index in [1.54, 1.807) is 7.11 Å². The number of para-hydroxylation sites is 1. The lowest BCUT2D eigenvalue weighted by atomic mass is 10.00. The molecule has 5 heteroatoms.